The number of nitrogen functional groups attached to an aromatic ring is 1. The molecule has 3 aliphatic rings. The van der Waals surface area contributed by atoms with Gasteiger partial charge in [0.05, 0.1) is 0 Å². The number of amidine groups is 1. The molecule has 2 atom stereocenters. The van der Waals surface area contributed by atoms with Crippen LogP contribution in [0.15, 0.2) is 31.9 Å². The molecule has 37 heavy (non-hydrogen) atoms. The molecule has 1 aromatic heterocycles. The molecule has 4 amide bonds. The number of azo groups is 2. The van der Waals surface area contributed by atoms with Gasteiger partial charge in [-0.2, -0.15) is 0 Å². The SMILES string of the molecule is CO/N=C(\C(=O)N[C@@H]1C(=O)N2C(C(=O)O)=C(CSC3=NC(=O)C(=O)N=[N+]3C)CS[C@H]12)c1csc(N)n1.[Na]. The second kappa shape index (κ2) is 11.8. The Hall–Kier alpha value is -2.64. The molecule has 19 heteroatoms. The Kier molecular flexibility index (Phi) is 9.24. The van der Waals surface area contributed by atoms with E-state index in [0.717, 1.165) is 32.7 Å². The average molecular weight is 577 g/mol. The summed E-state index contributed by atoms with van der Waals surface area (Å²) in [5.41, 5.74) is 5.81. The third-order valence-corrected chi connectivity index (χ3v) is 8.09. The number of nitrogens with two attached hydrogens (primary N) is 1. The van der Waals surface area contributed by atoms with E-state index in [1.165, 1.54) is 31.3 Å². The maximum absolute atomic E-state index is 12.9. The molecule has 3 aliphatic heterocycles. The van der Waals surface area contributed by atoms with Crippen molar-refractivity contribution in [1.29, 1.82) is 0 Å². The first-order valence-corrected chi connectivity index (χ1v) is 12.8. The largest absolute Gasteiger partial charge is 0.477 e. The van der Waals surface area contributed by atoms with Crippen molar-refractivity contribution in [2.24, 2.45) is 15.3 Å². The van der Waals surface area contributed by atoms with Crippen LogP contribution < -0.4 is 11.1 Å². The van der Waals surface area contributed by atoms with E-state index in [4.69, 9.17) is 10.6 Å². The van der Waals surface area contributed by atoms with Gasteiger partial charge in [0, 0.05) is 51.4 Å². The smallest absolute Gasteiger partial charge is 0.446 e. The van der Waals surface area contributed by atoms with E-state index >= 15 is 0 Å². The van der Waals surface area contributed by atoms with E-state index in [9.17, 15) is 29.1 Å². The van der Waals surface area contributed by atoms with Crippen molar-refractivity contribution >= 4 is 110 Å². The molecule has 0 spiro atoms. The Bertz CT molecular complexity index is 1320. The van der Waals surface area contributed by atoms with Gasteiger partial charge < -0.3 is 21.0 Å². The van der Waals surface area contributed by atoms with Crippen LogP contribution in [0.2, 0.25) is 0 Å². The van der Waals surface area contributed by atoms with Crippen LogP contribution in [0.5, 0.6) is 0 Å². The average Bonchev–Trinajstić information content (AvgIpc) is 3.27. The van der Waals surface area contributed by atoms with E-state index < -0.39 is 41.0 Å². The molecule has 1 radical (unpaired) electrons. The predicted octanol–water partition coefficient (Wildman–Crippen LogP) is -1.32. The summed E-state index contributed by atoms with van der Waals surface area (Å²) >= 11 is 3.37. The van der Waals surface area contributed by atoms with Crippen molar-refractivity contribution in [3.05, 3.63) is 22.3 Å². The van der Waals surface area contributed by atoms with Gasteiger partial charge in [-0.05, 0) is 22.4 Å². The summed E-state index contributed by atoms with van der Waals surface area (Å²) in [6.07, 6.45) is 0. The van der Waals surface area contributed by atoms with Crippen molar-refractivity contribution < 1.29 is 38.6 Å². The third kappa shape index (κ3) is 5.78. The number of carboxylic acids is 1. The molecule has 4 heterocycles. The van der Waals surface area contributed by atoms with Crippen LogP contribution in [0.3, 0.4) is 0 Å². The number of hydrogen-bond donors (Lipinski definition) is 3. The summed E-state index contributed by atoms with van der Waals surface area (Å²) in [6, 6.07) is -1.000. The number of nitrogens with one attached hydrogen (secondary N) is 1. The van der Waals surface area contributed by atoms with E-state index in [2.05, 4.69) is 25.6 Å². The second-order valence-electron chi connectivity index (χ2n) is 7.23. The number of carboxylic acid groups (broad SMARTS) is 1. The van der Waals surface area contributed by atoms with Crippen molar-refractivity contribution in [3.63, 3.8) is 0 Å². The van der Waals surface area contributed by atoms with Crippen LogP contribution in [-0.4, -0.2) is 127 Å². The summed E-state index contributed by atoms with van der Waals surface area (Å²) in [5.74, 6) is -4.37. The number of thiazole rings is 1. The summed E-state index contributed by atoms with van der Waals surface area (Å²) < 4.78 is 1.13. The third-order valence-electron chi connectivity index (χ3n) is 4.97. The quantitative estimate of drug-likeness (QED) is 0.0866. The molecule has 0 aliphatic carbocycles. The first-order chi connectivity index (χ1) is 17.1. The minimum Gasteiger partial charge on any atom is -0.477 e. The van der Waals surface area contributed by atoms with Gasteiger partial charge in [-0.25, -0.2) is 14.6 Å². The van der Waals surface area contributed by atoms with E-state index in [-0.39, 0.29) is 68.5 Å². The van der Waals surface area contributed by atoms with Gasteiger partial charge in [0.1, 0.15) is 37.0 Å². The zero-order chi connectivity index (χ0) is 26.1. The number of rotatable bonds is 7. The van der Waals surface area contributed by atoms with Gasteiger partial charge in [0.2, 0.25) is 0 Å². The fraction of sp³-hybridized carbons (Fsp3) is 0.333. The Labute approximate surface area is 242 Å². The van der Waals surface area contributed by atoms with Crippen molar-refractivity contribution in [2.45, 2.75) is 11.4 Å². The number of oxime groups is 1. The molecule has 0 aromatic carbocycles. The number of β-lactam (4-membered cyclic amide) rings is 1. The normalized spacial score (nSPS) is 21.4. The molecule has 0 saturated carbocycles. The second-order valence-corrected chi connectivity index (χ2v) is 10.2. The monoisotopic (exact) mass is 576 g/mol. The zero-order valence-electron chi connectivity index (χ0n) is 19.5. The number of carbonyl (C=O) groups is 5. The maximum Gasteiger partial charge on any atom is 0.446 e. The van der Waals surface area contributed by atoms with Gasteiger partial charge in [-0.1, -0.05) is 5.16 Å². The molecule has 1 saturated heterocycles. The fourth-order valence-electron chi connectivity index (χ4n) is 3.40. The molecule has 4 N–H and O–H groups in total. The number of aromatic nitrogens is 1. The number of thioether (sulfide) groups is 2. The number of aliphatic carboxylic acids is 1. The molecule has 4 rings (SSSR count). The number of anilines is 1. The Morgan fingerprint density at radius 2 is 2.11 bits per heavy atom. The molecular weight excluding hydrogens is 559 g/mol. The summed E-state index contributed by atoms with van der Waals surface area (Å²) in [6.45, 7) is 0. The summed E-state index contributed by atoms with van der Waals surface area (Å²) in [4.78, 5) is 74.1. The number of aliphatic imine (C=N–C) groups is 1. The number of hydrogen-bond acceptors (Lipinski definition) is 12. The van der Waals surface area contributed by atoms with Crippen LogP contribution in [-0.2, 0) is 28.8 Å². The Morgan fingerprint density at radius 3 is 2.73 bits per heavy atom. The molecule has 0 bridgehead atoms. The minimum atomic E-state index is -1.32. The van der Waals surface area contributed by atoms with E-state index in [1.807, 2.05) is 0 Å². The Balaban J connectivity index is 0.00000380. The number of nitrogens with zero attached hydrogens (tertiary/aromatic N) is 6. The maximum atomic E-state index is 12.9. The summed E-state index contributed by atoms with van der Waals surface area (Å²) in [5, 5.41) is 20.8. The van der Waals surface area contributed by atoms with Crippen LogP contribution in [0, 0.1) is 0 Å². The first-order valence-electron chi connectivity index (χ1n) is 9.91. The first kappa shape index (κ1) is 28.9. The van der Waals surface area contributed by atoms with Gasteiger partial charge >= 0.3 is 23.0 Å². The van der Waals surface area contributed by atoms with E-state index in [1.54, 1.807) is 0 Å². The topological polar surface area (TPSA) is 209 Å². The van der Waals surface area contributed by atoms with E-state index in [0.29, 0.717) is 5.57 Å². The van der Waals surface area contributed by atoms with Gasteiger partial charge in [0.25, 0.3) is 11.8 Å². The molecule has 189 valence electrons. The minimum absolute atomic E-state index is 0. The molecule has 0 unspecified atom stereocenters. The Morgan fingerprint density at radius 1 is 1.38 bits per heavy atom. The van der Waals surface area contributed by atoms with Crippen molar-refractivity contribution in [1.82, 2.24) is 15.2 Å². The molecule has 15 nitrogen and oxygen atoms in total. The molecule has 1 fully saturated rings. The number of amides is 4. The summed E-state index contributed by atoms with van der Waals surface area (Å²) in [7, 11) is 2.68. The number of carbonyl (C=O) groups excluding carboxylic acids is 4. The zero-order valence-corrected chi connectivity index (χ0v) is 24.0. The van der Waals surface area contributed by atoms with Crippen LogP contribution in [0.25, 0.3) is 0 Å². The van der Waals surface area contributed by atoms with Crippen LogP contribution >= 0.6 is 34.9 Å². The van der Waals surface area contributed by atoms with Gasteiger partial charge in [0.15, 0.2) is 10.8 Å². The standard InChI is InChI=1S/C18H16N8O7S3.Na/c1-25-18(22-12(28)13(29)23-25)36-4-6-3-34-15-9(14(30)26(15)10(6)16(31)32)21-11(27)8(24-33-2)7-5-35-17(19)20-7;/h5,9,15H,3-4H2,1-2H3,(H3-,19,20,21,27,31,32);/p+1/b24-8-;/t9-,15-;/m1./s1. The van der Waals surface area contributed by atoms with Crippen molar-refractivity contribution in [2.75, 3.05) is 31.4 Å². The fourth-order valence-corrected chi connectivity index (χ4v) is 6.34. The molecule has 1 aromatic rings. The number of fused-ring (bicyclic) bond motifs is 1. The van der Waals surface area contributed by atoms with Crippen LogP contribution in [0.1, 0.15) is 5.69 Å². The van der Waals surface area contributed by atoms with Crippen molar-refractivity contribution in [3.8, 4) is 0 Å². The van der Waals surface area contributed by atoms with Gasteiger partial charge in [-0.15, -0.1) is 27.8 Å². The van der Waals surface area contributed by atoms with Gasteiger partial charge in [-0.3, -0.25) is 19.3 Å². The van der Waals surface area contributed by atoms with Crippen LogP contribution in [0.4, 0.5) is 5.13 Å². The molecular formula is C18H17N8NaO7S3+. The predicted molar refractivity (Wildman–Crippen MR) is 134 cm³/mol.